The lowest BCUT2D eigenvalue weighted by Gasteiger charge is -2.09. The molecule has 3 N–H and O–H groups in total. The zero-order valence-electron chi connectivity index (χ0n) is 17.8. The Balaban J connectivity index is 0.000000418. The van der Waals surface area contributed by atoms with E-state index >= 15 is 0 Å². The first-order valence-corrected chi connectivity index (χ1v) is 10.9. The van der Waals surface area contributed by atoms with Crippen LogP contribution in [-0.2, 0) is 0 Å². The van der Waals surface area contributed by atoms with E-state index in [1.807, 2.05) is 19.9 Å². The van der Waals surface area contributed by atoms with Gasteiger partial charge in [0, 0.05) is 12.2 Å². The van der Waals surface area contributed by atoms with Crippen LogP contribution in [0, 0.1) is 13.8 Å². The maximum absolute atomic E-state index is 6.17. The highest BCUT2D eigenvalue weighted by Gasteiger charge is 2.23. The molecule has 7 heteroatoms. The molecule has 0 spiro atoms. The molecule has 1 saturated carbocycles. The van der Waals surface area contributed by atoms with Gasteiger partial charge in [-0.3, -0.25) is 4.98 Å². The minimum Gasteiger partial charge on any atom is -0.383 e. The number of hydrogen-bond acceptors (Lipinski definition) is 7. The Morgan fingerprint density at radius 3 is 2.21 bits per heavy atom. The highest BCUT2D eigenvalue weighted by Crippen LogP contribution is 2.35. The first-order valence-electron chi connectivity index (χ1n) is 10.1. The molecule has 0 atom stereocenters. The van der Waals surface area contributed by atoms with Gasteiger partial charge in [-0.1, -0.05) is 40.5 Å². The molecule has 3 heterocycles. The normalized spacial score (nSPS) is 12.6. The fourth-order valence-electron chi connectivity index (χ4n) is 2.42. The van der Waals surface area contributed by atoms with Gasteiger partial charge in [0.2, 0.25) is 5.95 Å². The molecule has 4 rings (SSSR count). The van der Waals surface area contributed by atoms with E-state index in [2.05, 4.69) is 52.9 Å². The Labute approximate surface area is 172 Å². The average molecular weight is 401 g/mol. The highest BCUT2D eigenvalue weighted by atomic mass is 32.1. The maximum Gasteiger partial charge on any atom is 0.225 e. The molecule has 6 nitrogen and oxygen atoms in total. The van der Waals surface area contributed by atoms with Crippen molar-refractivity contribution in [2.75, 3.05) is 11.1 Å². The molecule has 0 bridgehead atoms. The molecule has 1 aliphatic rings. The quantitative estimate of drug-likeness (QED) is 0.581. The van der Waals surface area contributed by atoms with Crippen molar-refractivity contribution < 1.29 is 0 Å². The van der Waals surface area contributed by atoms with Crippen LogP contribution >= 0.6 is 11.3 Å². The fourth-order valence-corrected chi connectivity index (χ4v) is 3.54. The van der Waals surface area contributed by atoms with E-state index in [9.17, 15) is 0 Å². The van der Waals surface area contributed by atoms with Crippen molar-refractivity contribution in [3.8, 4) is 10.6 Å². The summed E-state index contributed by atoms with van der Waals surface area (Å²) in [5, 5.41) is 4.13. The Morgan fingerprint density at radius 2 is 1.68 bits per heavy atom. The van der Waals surface area contributed by atoms with E-state index in [0.29, 0.717) is 17.8 Å². The Bertz CT molecular complexity index is 876. The van der Waals surface area contributed by atoms with Crippen LogP contribution in [0.15, 0.2) is 12.3 Å². The first-order chi connectivity index (χ1) is 13.4. The standard InChI is InChI=1S/C15H16N6S.2C3H8/c1-7-11(13(16)21-15(18-7)19-9-3-4-9)14-20-12-8(2)17-6-5-10(12)22-14;2*1-3-2/h5-6,9H,3-4H2,1-2H3,(H3,16,18,19,21);2*3H2,1-2H3. The van der Waals surface area contributed by atoms with E-state index < -0.39 is 0 Å². The number of nitrogens with one attached hydrogen (secondary N) is 1. The van der Waals surface area contributed by atoms with Gasteiger partial charge in [0.25, 0.3) is 0 Å². The summed E-state index contributed by atoms with van der Waals surface area (Å²) in [6.07, 6.45) is 6.65. The SMILES string of the molecule is CCC.CCC.Cc1nc(NC2CC2)nc(N)c1-c1nc2c(C)nccc2s1. The fraction of sp³-hybridized carbons (Fsp3) is 0.524. The second kappa shape index (κ2) is 10.3. The third kappa shape index (κ3) is 5.61. The molecule has 3 aromatic rings. The van der Waals surface area contributed by atoms with Gasteiger partial charge in [0.05, 0.1) is 21.7 Å². The lowest BCUT2D eigenvalue weighted by atomic mass is 10.2. The molecule has 0 saturated heterocycles. The Kier molecular flexibility index (Phi) is 8.11. The van der Waals surface area contributed by atoms with Crippen LogP contribution in [-0.4, -0.2) is 26.0 Å². The van der Waals surface area contributed by atoms with Crippen molar-refractivity contribution in [3.63, 3.8) is 0 Å². The molecule has 0 unspecified atom stereocenters. The van der Waals surface area contributed by atoms with Crippen LogP contribution < -0.4 is 11.1 Å². The molecule has 3 aromatic heterocycles. The zero-order chi connectivity index (χ0) is 20.7. The predicted octanol–water partition coefficient (Wildman–Crippen LogP) is 5.75. The molecular weight excluding hydrogens is 368 g/mol. The number of nitrogens with zero attached hydrogens (tertiary/aromatic N) is 4. The largest absolute Gasteiger partial charge is 0.383 e. The molecular formula is C21H32N6S. The van der Waals surface area contributed by atoms with Crippen molar-refractivity contribution in [1.82, 2.24) is 19.9 Å². The molecule has 152 valence electrons. The second-order valence-corrected chi connectivity index (χ2v) is 8.02. The van der Waals surface area contributed by atoms with Gasteiger partial charge in [-0.05, 0) is 32.8 Å². The smallest absolute Gasteiger partial charge is 0.225 e. The Morgan fingerprint density at radius 1 is 1.04 bits per heavy atom. The summed E-state index contributed by atoms with van der Waals surface area (Å²) in [6.45, 7) is 12.4. The minimum absolute atomic E-state index is 0.473. The number of aryl methyl sites for hydroxylation is 2. The van der Waals surface area contributed by atoms with E-state index in [0.717, 1.165) is 32.2 Å². The van der Waals surface area contributed by atoms with Gasteiger partial charge in [0.15, 0.2) is 0 Å². The summed E-state index contributed by atoms with van der Waals surface area (Å²) < 4.78 is 1.10. The predicted molar refractivity (Wildman–Crippen MR) is 121 cm³/mol. The minimum atomic E-state index is 0.473. The van der Waals surface area contributed by atoms with Gasteiger partial charge < -0.3 is 11.1 Å². The van der Waals surface area contributed by atoms with E-state index in [1.54, 1.807) is 17.5 Å². The molecule has 0 aromatic carbocycles. The van der Waals surface area contributed by atoms with Gasteiger partial charge >= 0.3 is 0 Å². The number of aromatic nitrogens is 4. The van der Waals surface area contributed by atoms with Crippen LogP contribution in [0.2, 0.25) is 0 Å². The number of hydrogen-bond donors (Lipinski definition) is 2. The summed E-state index contributed by atoms with van der Waals surface area (Å²) in [5.41, 5.74) is 9.68. The van der Waals surface area contributed by atoms with Gasteiger partial charge in [-0.15, -0.1) is 11.3 Å². The molecule has 0 amide bonds. The summed E-state index contributed by atoms with van der Waals surface area (Å²) >= 11 is 1.59. The highest BCUT2D eigenvalue weighted by molar-refractivity contribution is 7.21. The van der Waals surface area contributed by atoms with Crippen LogP contribution in [0.5, 0.6) is 0 Å². The number of thiazole rings is 1. The van der Waals surface area contributed by atoms with Crippen LogP contribution in [0.4, 0.5) is 11.8 Å². The van der Waals surface area contributed by atoms with Crippen LogP contribution in [0.25, 0.3) is 20.8 Å². The van der Waals surface area contributed by atoms with Crippen molar-refractivity contribution in [3.05, 3.63) is 23.7 Å². The van der Waals surface area contributed by atoms with Gasteiger partial charge in [-0.25, -0.2) is 9.97 Å². The van der Waals surface area contributed by atoms with Crippen LogP contribution in [0.3, 0.4) is 0 Å². The maximum atomic E-state index is 6.17. The van der Waals surface area contributed by atoms with Gasteiger partial charge in [-0.2, -0.15) is 4.98 Å². The van der Waals surface area contributed by atoms with Crippen molar-refractivity contribution in [1.29, 1.82) is 0 Å². The van der Waals surface area contributed by atoms with Crippen molar-refractivity contribution in [2.24, 2.45) is 0 Å². The number of fused-ring (bicyclic) bond motifs is 1. The average Bonchev–Trinajstić information content (AvgIpc) is 3.32. The Hall–Kier alpha value is -2.28. The zero-order valence-corrected chi connectivity index (χ0v) is 18.7. The third-order valence-corrected chi connectivity index (χ3v) is 4.77. The number of nitrogen functional groups attached to an aromatic ring is 1. The number of rotatable bonds is 3. The van der Waals surface area contributed by atoms with Crippen LogP contribution in [0.1, 0.15) is 64.8 Å². The summed E-state index contributed by atoms with van der Waals surface area (Å²) in [6, 6.07) is 2.47. The molecule has 0 aliphatic heterocycles. The van der Waals surface area contributed by atoms with E-state index in [-0.39, 0.29) is 0 Å². The number of pyridine rings is 1. The van der Waals surface area contributed by atoms with E-state index in [1.165, 1.54) is 25.7 Å². The monoisotopic (exact) mass is 400 g/mol. The lowest BCUT2D eigenvalue weighted by molar-refractivity contribution is 1.03. The summed E-state index contributed by atoms with van der Waals surface area (Å²) in [4.78, 5) is 17.9. The van der Waals surface area contributed by atoms with Crippen molar-refractivity contribution >= 4 is 33.3 Å². The van der Waals surface area contributed by atoms with E-state index in [4.69, 9.17) is 5.73 Å². The molecule has 1 aliphatic carbocycles. The molecule has 0 radical (unpaired) electrons. The number of nitrogens with two attached hydrogens (primary N) is 1. The topological polar surface area (TPSA) is 89.6 Å². The first kappa shape index (κ1) is 22.0. The van der Waals surface area contributed by atoms with Crippen molar-refractivity contribution in [2.45, 2.75) is 73.3 Å². The molecule has 1 fully saturated rings. The summed E-state index contributed by atoms with van der Waals surface area (Å²) in [5.74, 6) is 1.08. The van der Waals surface area contributed by atoms with Gasteiger partial charge in [0.1, 0.15) is 16.3 Å². The summed E-state index contributed by atoms with van der Waals surface area (Å²) in [7, 11) is 0. The molecule has 28 heavy (non-hydrogen) atoms. The second-order valence-electron chi connectivity index (χ2n) is 6.99. The third-order valence-electron chi connectivity index (χ3n) is 3.73. The lowest BCUT2D eigenvalue weighted by Crippen LogP contribution is -2.09. The number of anilines is 2.